The number of hydrogen-bond donors (Lipinski definition) is 1. The van der Waals surface area contributed by atoms with Gasteiger partial charge in [0.05, 0.1) is 23.7 Å². The highest BCUT2D eigenvalue weighted by molar-refractivity contribution is 7.99. The van der Waals surface area contributed by atoms with Gasteiger partial charge in [0.25, 0.3) is 0 Å². The van der Waals surface area contributed by atoms with Gasteiger partial charge in [-0.05, 0) is 43.2 Å². The molecule has 4 aromatic rings. The molecule has 3 heterocycles. The Morgan fingerprint density at radius 2 is 1.93 bits per heavy atom. The summed E-state index contributed by atoms with van der Waals surface area (Å²) in [6, 6.07) is 13.7. The van der Waals surface area contributed by atoms with E-state index in [0.29, 0.717) is 12.4 Å². The first-order valence-corrected chi connectivity index (χ1v) is 10.5. The number of aromatic nitrogens is 5. The summed E-state index contributed by atoms with van der Waals surface area (Å²) < 4.78 is 3.76. The van der Waals surface area contributed by atoms with Crippen LogP contribution in [0.3, 0.4) is 0 Å². The van der Waals surface area contributed by atoms with Crippen LogP contribution < -0.4 is 5.32 Å². The maximum Gasteiger partial charge on any atom is 0.236 e. The molecule has 152 valence electrons. The molecular weight excluding hydrogens is 396 g/mol. The minimum absolute atomic E-state index is 0.126. The van der Waals surface area contributed by atoms with Crippen molar-refractivity contribution in [2.75, 3.05) is 11.1 Å². The summed E-state index contributed by atoms with van der Waals surface area (Å²) in [4.78, 5) is 21.1. The zero-order chi connectivity index (χ0) is 20.9. The molecule has 0 saturated carbocycles. The highest BCUT2D eigenvalue weighted by atomic mass is 32.2. The van der Waals surface area contributed by atoms with E-state index in [1.807, 2.05) is 41.2 Å². The third-order valence-corrected chi connectivity index (χ3v) is 5.70. The van der Waals surface area contributed by atoms with Gasteiger partial charge in [0.15, 0.2) is 11.0 Å². The van der Waals surface area contributed by atoms with Crippen molar-refractivity contribution in [2.24, 2.45) is 0 Å². The highest BCUT2D eigenvalue weighted by Crippen LogP contribution is 2.24. The highest BCUT2D eigenvalue weighted by Gasteiger charge is 2.12. The lowest BCUT2D eigenvalue weighted by Crippen LogP contribution is -2.15. The predicted molar refractivity (Wildman–Crippen MR) is 118 cm³/mol. The van der Waals surface area contributed by atoms with Crippen LogP contribution in [-0.2, 0) is 11.3 Å². The molecule has 0 aliphatic heterocycles. The molecule has 0 fully saturated rings. The van der Waals surface area contributed by atoms with E-state index in [1.165, 1.54) is 22.9 Å². The zero-order valence-corrected chi connectivity index (χ0v) is 17.6. The van der Waals surface area contributed by atoms with Crippen molar-refractivity contribution in [1.82, 2.24) is 24.3 Å². The molecule has 0 saturated heterocycles. The van der Waals surface area contributed by atoms with E-state index in [-0.39, 0.29) is 11.7 Å². The van der Waals surface area contributed by atoms with Crippen molar-refractivity contribution in [3.8, 4) is 5.69 Å². The first-order chi connectivity index (χ1) is 14.6. The Morgan fingerprint density at radius 3 is 2.77 bits per heavy atom. The minimum atomic E-state index is -0.126. The Hall–Kier alpha value is -3.39. The number of rotatable bonds is 7. The molecule has 1 amide bonds. The summed E-state index contributed by atoms with van der Waals surface area (Å²) in [6.45, 7) is 4.73. The molecule has 0 bridgehead atoms. The minimum Gasteiger partial charge on any atom is -0.308 e. The molecule has 1 aromatic carbocycles. The van der Waals surface area contributed by atoms with Crippen LogP contribution in [0.1, 0.15) is 16.8 Å². The number of amides is 1. The summed E-state index contributed by atoms with van der Waals surface area (Å²) in [5, 5.41) is 8.01. The lowest BCUT2D eigenvalue weighted by atomic mass is 10.1. The van der Waals surface area contributed by atoms with Gasteiger partial charge in [0.1, 0.15) is 0 Å². The van der Waals surface area contributed by atoms with Crippen LogP contribution in [0.25, 0.3) is 5.69 Å². The lowest BCUT2D eigenvalue weighted by Gasteiger charge is -2.12. The standard InChI is InChI=1S/C22H22N6OS/c1-16-6-5-8-19(17(16)2)28-13-11-24-22(28)30-15-21(29)25-20-9-12-27(26-20)14-18-7-3-4-10-23-18/h3-13H,14-15H2,1-2H3,(H,25,26,29). The topological polar surface area (TPSA) is 77.6 Å². The van der Waals surface area contributed by atoms with Crippen molar-refractivity contribution < 1.29 is 4.79 Å². The molecule has 0 atom stereocenters. The third kappa shape index (κ3) is 4.60. The second-order valence-electron chi connectivity index (χ2n) is 6.86. The molecule has 1 N–H and O–H groups in total. The van der Waals surface area contributed by atoms with Gasteiger partial charge in [-0.1, -0.05) is 30.0 Å². The van der Waals surface area contributed by atoms with Gasteiger partial charge in [0.2, 0.25) is 5.91 Å². The van der Waals surface area contributed by atoms with Crippen LogP contribution in [0.2, 0.25) is 0 Å². The normalized spacial score (nSPS) is 10.9. The second-order valence-corrected chi connectivity index (χ2v) is 7.80. The van der Waals surface area contributed by atoms with Crippen LogP contribution >= 0.6 is 11.8 Å². The number of benzene rings is 1. The fourth-order valence-electron chi connectivity index (χ4n) is 3.06. The number of anilines is 1. The van der Waals surface area contributed by atoms with Gasteiger partial charge in [0, 0.05) is 30.9 Å². The quantitative estimate of drug-likeness (QED) is 0.461. The number of nitrogens with one attached hydrogen (secondary N) is 1. The summed E-state index contributed by atoms with van der Waals surface area (Å²) >= 11 is 1.40. The third-order valence-electron chi connectivity index (χ3n) is 4.73. The van der Waals surface area contributed by atoms with E-state index >= 15 is 0 Å². The Morgan fingerprint density at radius 1 is 1.03 bits per heavy atom. The van der Waals surface area contributed by atoms with Gasteiger partial charge in [-0.25, -0.2) is 4.98 Å². The number of thioether (sulfide) groups is 1. The number of imidazole rings is 1. The van der Waals surface area contributed by atoms with Crippen molar-refractivity contribution in [2.45, 2.75) is 25.5 Å². The van der Waals surface area contributed by atoms with E-state index in [0.717, 1.165) is 16.5 Å². The number of carbonyl (C=O) groups is 1. The van der Waals surface area contributed by atoms with Gasteiger partial charge < -0.3 is 5.32 Å². The van der Waals surface area contributed by atoms with Gasteiger partial charge in [-0.2, -0.15) is 5.10 Å². The Bertz CT molecular complexity index is 1150. The van der Waals surface area contributed by atoms with E-state index in [9.17, 15) is 4.79 Å². The van der Waals surface area contributed by atoms with Crippen molar-refractivity contribution in [3.63, 3.8) is 0 Å². The van der Waals surface area contributed by atoms with E-state index < -0.39 is 0 Å². The summed E-state index contributed by atoms with van der Waals surface area (Å²) in [5.74, 6) is 0.641. The summed E-state index contributed by atoms with van der Waals surface area (Å²) in [7, 11) is 0. The molecule has 7 nitrogen and oxygen atoms in total. The molecule has 30 heavy (non-hydrogen) atoms. The number of hydrogen-bond acceptors (Lipinski definition) is 5. The molecular formula is C22H22N6OS. The number of carbonyl (C=O) groups excluding carboxylic acids is 1. The number of pyridine rings is 1. The van der Waals surface area contributed by atoms with Gasteiger partial charge in [-0.3, -0.25) is 19.0 Å². The molecule has 0 aliphatic rings. The Labute approximate surface area is 179 Å². The zero-order valence-electron chi connectivity index (χ0n) is 16.8. The molecule has 0 unspecified atom stereocenters. The molecule has 0 aliphatic carbocycles. The van der Waals surface area contributed by atoms with Crippen molar-refractivity contribution in [3.05, 3.63) is 84.1 Å². The molecule has 8 heteroatoms. The summed E-state index contributed by atoms with van der Waals surface area (Å²) in [5.41, 5.74) is 4.40. The molecule has 0 spiro atoms. The van der Waals surface area contributed by atoms with Gasteiger partial charge >= 0.3 is 0 Å². The maximum absolute atomic E-state index is 12.4. The first-order valence-electron chi connectivity index (χ1n) is 9.56. The van der Waals surface area contributed by atoms with Crippen molar-refractivity contribution in [1.29, 1.82) is 0 Å². The van der Waals surface area contributed by atoms with Crippen LogP contribution in [0, 0.1) is 13.8 Å². The number of nitrogens with zero attached hydrogens (tertiary/aromatic N) is 5. The smallest absolute Gasteiger partial charge is 0.236 e. The molecule has 0 radical (unpaired) electrons. The average Bonchev–Trinajstić information content (AvgIpc) is 3.39. The maximum atomic E-state index is 12.4. The Balaban J connectivity index is 1.36. The van der Waals surface area contributed by atoms with Crippen LogP contribution in [0.15, 0.2) is 72.4 Å². The van der Waals surface area contributed by atoms with E-state index in [1.54, 1.807) is 23.1 Å². The SMILES string of the molecule is Cc1cccc(-n2ccnc2SCC(=O)Nc2ccn(Cc3ccccn3)n2)c1C. The second kappa shape index (κ2) is 8.96. The fourth-order valence-corrected chi connectivity index (χ4v) is 3.83. The van der Waals surface area contributed by atoms with Crippen LogP contribution in [0.5, 0.6) is 0 Å². The largest absolute Gasteiger partial charge is 0.308 e. The van der Waals surface area contributed by atoms with E-state index in [2.05, 4.69) is 46.4 Å². The summed E-state index contributed by atoms with van der Waals surface area (Å²) in [6.07, 6.45) is 7.24. The predicted octanol–water partition coefficient (Wildman–Crippen LogP) is 3.86. The average molecular weight is 419 g/mol. The van der Waals surface area contributed by atoms with Crippen LogP contribution in [-0.4, -0.2) is 36.0 Å². The first kappa shape index (κ1) is 19.9. The fraction of sp³-hybridized carbons (Fsp3) is 0.182. The molecule has 4 rings (SSSR count). The lowest BCUT2D eigenvalue weighted by molar-refractivity contribution is -0.113. The van der Waals surface area contributed by atoms with E-state index in [4.69, 9.17) is 0 Å². The number of aryl methyl sites for hydroxylation is 1. The monoisotopic (exact) mass is 418 g/mol. The Kier molecular flexibility index (Phi) is 5.94. The van der Waals surface area contributed by atoms with Crippen molar-refractivity contribution >= 4 is 23.5 Å². The molecule has 3 aromatic heterocycles. The van der Waals surface area contributed by atoms with Gasteiger partial charge in [-0.15, -0.1) is 0 Å². The van der Waals surface area contributed by atoms with Crippen LogP contribution in [0.4, 0.5) is 5.82 Å².